The summed E-state index contributed by atoms with van der Waals surface area (Å²) in [5, 5.41) is 0. The third-order valence-corrected chi connectivity index (χ3v) is 3.68. The van der Waals surface area contributed by atoms with E-state index in [0.717, 1.165) is 37.0 Å². The first kappa shape index (κ1) is 13.7. The number of anilines is 2. The van der Waals surface area contributed by atoms with Crippen molar-refractivity contribution < 1.29 is 4.39 Å². The minimum atomic E-state index is -0.307. The highest BCUT2D eigenvalue weighted by molar-refractivity contribution is 5.43. The molecule has 0 saturated carbocycles. The Morgan fingerprint density at radius 2 is 1.86 bits per heavy atom. The molecule has 0 unspecified atom stereocenters. The number of hydrogen-bond acceptors (Lipinski definition) is 5. The van der Waals surface area contributed by atoms with Crippen LogP contribution in [0.1, 0.15) is 12.5 Å². The lowest BCUT2D eigenvalue weighted by Gasteiger charge is -2.40. The Labute approximate surface area is 123 Å². The van der Waals surface area contributed by atoms with Crippen LogP contribution in [0.25, 0.3) is 0 Å². The summed E-state index contributed by atoms with van der Waals surface area (Å²) in [6.07, 6.45) is 4.93. The van der Waals surface area contributed by atoms with Gasteiger partial charge in [0.15, 0.2) is 0 Å². The largest absolute Gasteiger partial charge is 0.350 e. The van der Waals surface area contributed by atoms with Gasteiger partial charge in [0, 0.05) is 38.1 Å². The van der Waals surface area contributed by atoms with Gasteiger partial charge in [-0.25, -0.2) is 19.3 Å². The maximum absolute atomic E-state index is 13.0. The van der Waals surface area contributed by atoms with Crippen LogP contribution in [0.2, 0.25) is 0 Å². The number of aryl methyl sites for hydroxylation is 1. The topological polar surface area (TPSA) is 45.2 Å². The second-order valence-corrected chi connectivity index (χ2v) is 5.38. The summed E-state index contributed by atoms with van der Waals surface area (Å²) < 4.78 is 13.0. The molecule has 0 aromatic carbocycles. The highest BCUT2D eigenvalue weighted by atomic mass is 19.1. The molecule has 0 amide bonds. The summed E-state index contributed by atoms with van der Waals surface area (Å²) in [4.78, 5) is 17.3. The third-order valence-electron chi connectivity index (χ3n) is 3.68. The molecule has 0 radical (unpaired) electrons. The van der Waals surface area contributed by atoms with Crippen molar-refractivity contribution in [2.24, 2.45) is 0 Å². The number of piperazine rings is 1. The van der Waals surface area contributed by atoms with Gasteiger partial charge in [-0.3, -0.25) is 0 Å². The van der Waals surface area contributed by atoms with Crippen molar-refractivity contribution in [3.05, 3.63) is 42.1 Å². The van der Waals surface area contributed by atoms with Gasteiger partial charge in [-0.15, -0.1) is 0 Å². The molecule has 2 aromatic rings. The first-order valence-corrected chi connectivity index (χ1v) is 7.05. The van der Waals surface area contributed by atoms with E-state index in [2.05, 4.69) is 31.7 Å². The summed E-state index contributed by atoms with van der Waals surface area (Å²) in [6.45, 7) is 6.57. The van der Waals surface area contributed by atoms with E-state index in [0.29, 0.717) is 0 Å². The number of aromatic nitrogens is 3. The number of rotatable bonds is 2. The van der Waals surface area contributed by atoms with Crippen molar-refractivity contribution >= 4 is 11.8 Å². The van der Waals surface area contributed by atoms with Crippen molar-refractivity contribution in [3.63, 3.8) is 0 Å². The van der Waals surface area contributed by atoms with E-state index in [1.807, 2.05) is 19.3 Å². The molecular formula is C15H18FN5. The van der Waals surface area contributed by atoms with E-state index in [1.165, 1.54) is 12.3 Å². The zero-order chi connectivity index (χ0) is 14.8. The minimum Gasteiger partial charge on any atom is -0.350 e. The Hall–Kier alpha value is -2.24. The Balaban J connectivity index is 1.72. The average Bonchev–Trinajstić information content (AvgIpc) is 2.49. The van der Waals surface area contributed by atoms with Gasteiger partial charge in [0.1, 0.15) is 11.6 Å². The van der Waals surface area contributed by atoms with Crippen molar-refractivity contribution in [2.75, 3.05) is 29.4 Å². The van der Waals surface area contributed by atoms with Crippen LogP contribution in [-0.4, -0.2) is 40.6 Å². The second kappa shape index (κ2) is 5.63. The van der Waals surface area contributed by atoms with Crippen LogP contribution in [0.15, 0.2) is 30.7 Å². The van der Waals surface area contributed by atoms with Gasteiger partial charge >= 0.3 is 0 Å². The van der Waals surface area contributed by atoms with E-state index >= 15 is 0 Å². The Bertz CT molecular complexity index is 598. The molecular weight excluding hydrogens is 269 g/mol. The number of pyridine rings is 1. The lowest BCUT2D eigenvalue weighted by Crippen LogP contribution is -2.52. The number of hydrogen-bond donors (Lipinski definition) is 0. The summed E-state index contributed by atoms with van der Waals surface area (Å²) in [6, 6.07) is 3.44. The molecule has 1 saturated heterocycles. The molecule has 1 aliphatic rings. The molecule has 1 fully saturated rings. The normalized spacial score (nSPS) is 18.9. The molecule has 5 nitrogen and oxygen atoms in total. The zero-order valence-corrected chi connectivity index (χ0v) is 12.2. The van der Waals surface area contributed by atoms with Gasteiger partial charge in [0.2, 0.25) is 5.95 Å². The van der Waals surface area contributed by atoms with E-state index in [4.69, 9.17) is 0 Å². The van der Waals surface area contributed by atoms with E-state index in [-0.39, 0.29) is 11.9 Å². The van der Waals surface area contributed by atoms with Gasteiger partial charge in [-0.1, -0.05) is 0 Å². The van der Waals surface area contributed by atoms with E-state index in [1.54, 1.807) is 6.07 Å². The van der Waals surface area contributed by atoms with Crippen LogP contribution in [-0.2, 0) is 0 Å². The molecule has 3 rings (SSSR count). The van der Waals surface area contributed by atoms with Crippen LogP contribution in [0.5, 0.6) is 0 Å². The highest BCUT2D eigenvalue weighted by Crippen LogP contribution is 2.20. The first-order valence-electron chi connectivity index (χ1n) is 7.05. The second-order valence-electron chi connectivity index (χ2n) is 5.38. The summed E-state index contributed by atoms with van der Waals surface area (Å²) in [5.41, 5.74) is 1.06. The predicted molar refractivity (Wildman–Crippen MR) is 80.0 cm³/mol. The van der Waals surface area contributed by atoms with Gasteiger partial charge in [-0.2, -0.15) is 0 Å². The van der Waals surface area contributed by atoms with Crippen molar-refractivity contribution in [1.82, 2.24) is 15.0 Å². The Morgan fingerprint density at radius 1 is 1.10 bits per heavy atom. The van der Waals surface area contributed by atoms with Crippen molar-refractivity contribution in [1.29, 1.82) is 0 Å². The predicted octanol–water partition coefficient (Wildman–Crippen LogP) is 2.03. The maximum Gasteiger partial charge on any atom is 0.225 e. The molecule has 0 N–H and O–H groups in total. The Kier molecular flexibility index (Phi) is 3.68. The third kappa shape index (κ3) is 2.94. The molecule has 1 aliphatic heterocycles. The summed E-state index contributed by atoms with van der Waals surface area (Å²) in [5.74, 6) is 1.27. The SMILES string of the molecule is Cc1cnc(N2CCN(c3ccc(F)cn3)[C@@H](C)C2)nc1. The fourth-order valence-electron chi connectivity index (χ4n) is 2.57. The lowest BCUT2D eigenvalue weighted by atomic mass is 10.2. The molecule has 3 heterocycles. The molecule has 1 atom stereocenters. The van der Waals surface area contributed by atoms with Gasteiger partial charge in [0.05, 0.1) is 6.20 Å². The zero-order valence-electron chi connectivity index (χ0n) is 12.2. The van der Waals surface area contributed by atoms with Crippen molar-refractivity contribution in [2.45, 2.75) is 19.9 Å². The molecule has 6 heteroatoms. The van der Waals surface area contributed by atoms with E-state index in [9.17, 15) is 4.39 Å². The quantitative estimate of drug-likeness (QED) is 0.845. The van der Waals surface area contributed by atoms with Crippen LogP contribution >= 0.6 is 0 Å². The minimum absolute atomic E-state index is 0.265. The van der Waals surface area contributed by atoms with Crippen LogP contribution in [0, 0.1) is 12.7 Å². The van der Waals surface area contributed by atoms with Gasteiger partial charge in [-0.05, 0) is 31.5 Å². The maximum atomic E-state index is 13.0. The highest BCUT2D eigenvalue weighted by Gasteiger charge is 2.25. The first-order chi connectivity index (χ1) is 10.1. The molecule has 2 aromatic heterocycles. The summed E-state index contributed by atoms with van der Waals surface area (Å²) >= 11 is 0. The van der Waals surface area contributed by atoms with Crippen LogP contribution < -0.4 is 9.80 Å². The molecule has 0 aliphatic carbocycles. The molecule has 110 valence electrons. The molecule has 21 heavy (non-hydrogen) atoms. The molecule has 0 bridgehead atoms. The standard InChI is InChI=1S/C15H18FN5/c1-11-7-18-15(19-8-11)20-5-6-21(12(2)10-20)14-4-3-13(16)9-17-14/h3-4,7-9,12H,5-6,10H2,1-2H3/t12-/m0/s1. The van der Waals surface area contributed by atoms with Crippen molar-refractivity contribution in [3.8, 4) is 0 Å². The fourth-order valence-corrected chi connectivity index (χ4v) is 2.57. The summed E-state index contributed by atoms with van der Waals surface area (Å²) in [7, 11) is 0. The van der Waals surface area contributed by atoms with Crippen LogP contribution in [0.4, 0.5) is 16.2 Å². The monoisotopic (exact) mass is 287 g/mol. The smallest absolute Gasteiger partial charge is 0.225 e. The lowest BCUT2D eigenvalue weighted by molar-refractivity contribution is 0.537. The average molecular weight is 287 g/mol. The van der Waals surface area contributed by atoms with Crippen LogP contribution in [0.3, 0.4) is 0 Å². The van der Waals surface area contributed by atoms with E-state index < -0.39 is 0 Å². The molecule has 0 spiro atoms. The number of halogens is 1. The van der Waals surface area contributed by atoms with Gasteiger partial charge in [0.25, 0.3) is 0 Å². The van der Waals surface area contributed by atoms with Gasteiger partial charge < -0.3 is 9.80 Å². The fraction of sp³-hybridized carbons (Fsp3) is 0.400. The Morgan fingerprint density at radius 3 is 2.48 bits per heavy atom. The number of nitrogens with zero attached hydrogens (tertiary/aromatic N) is 5.